The highest BCUT2D eigenvalue weighted by Gasteiger charge is 2.27. The Balaban J connectivity index is 1.76. The molecule has 0 spiro atoms. The second kappa shape index (κ2) is 5.77. The van der Waals surface area contributed by atoms with Crippen LogP contribution in [0.25, 0.3) is 0 Å². The van der Waals surface area contributed by atoms with Crippen LogP contribution in [0.5, 0.6) is 0 Å². The van der Waals surface area contributed by atoms with Crippen molar-refractivity contribution >= 4 is 37.7 Å². The first-order chi connectivity index (χ1) is 9.61. The summed E-state index contributed by atoms with van der Waals surface area (Å²) in [6, 6.07) is 6.48. The van der Waals surface area contributed by atoms with Gasteiger partial charge >= 0.3 is 0 Å². The van der Waals surface area contributed by atoms with E-state index >= 15 is 0 Å². The van der Waals surface area contributed by atoms with Crippen LogP contribution in [0.3, 0.4) is 0 Å². The molecule has 1 aliphatic rings. The Bertz CT molecular complexity index is 644. The third kappa shape index (κ3) is 3.35. The van der Waals surface area contributed by atoms with Gasteiger partial charge in [-0.1, -0.05) is 15.9 Å². The zero-order valence-corrected chi connectivity index (χ0v) is 13.7. The van der Waals surface area contributed by atoms with Gasteiger partial charge in [0.1, 0.15) is 22.1 Å². The first-order valence-electron chi connectivity index (χ1n) is 6.34. The second-order valence-electron chi connectivity index (χ2n) is 4.80. The number of nitrogens with one attached hydrogen (secondary N) is 1. The van der Waals surface area contributed by atoms with Gasteiger partial charge < -0.3 is 5.32 Å². The van der Waals surface area contributed by atoms with E-state index in [2.05, 4.69) is 47.1 Å². The van der Waals surface area contributed by atoms with Gasteiger partial charge in [0.05, 0.1) is 0 Å². The van der Waals surface area contributed by atoms with Crippen LogP contribution in [-0.2, 0) is 6.54 Å². The quantitative estimate of drug-likeness (QED) is 0.760. The highest BCUT2D eigenvalue weighted by atomic mass is 79.9. The van der Waals surface area contributed by atoms with Crippen molar-refractivity contribution in [3.8, 4) is 0 Å². The van der Waals surface area contributed by atoms with Gasteiger partial charge in [0.2, 0.25) is 0 Å². The van der Waals surface area contributed by atoms with Crippen molar-refractivity contribution in [2.75, 3.05) is 5.32 Å². The number of anilines is 1. The number of nitrogens with zero attached hydrogens (tertiary/aromatic N) is 2. The minimum Gasteiger partial charge on any atom is -0.366 e. The van der Waals surface area contributed by atoms with E-state index in [4.69, 9.17) is 0 Å². The average Bonchev–Trinajstić information content (AvgIpc) is 3.23. The fraction of sp³-hybridized carbons (Fsp3) is 0.286. The Morgan fingerprint density at radius 2 is 2.00 bits per heavy atom. The number of aromatic nitrogens is 2. The summed E-state index contributed by atoms with van der Waals surface area (Å²) in [6.45, 7) is 0.506. The molecule has 1 heterocycles. The van der Waals surface area contributed by atoms with Gasteiger partial charge in [0.25, 0.3) is 0 Å². The van der Waals surface area contributed by atoms with Gasteiger partial charge in [-0.05, 0) is 52.5 Å². The highest BCUT2D eigenvalue weighted by Crippen LogP contribution is 2.38. The second-order valence-corrected chi connectivity index (χ2v) is 6.46. The fourth-order valence-corrected chi connectivity index (χ4v) is 2.70. The molecule has 3 nitrogen and oxygen atoms in total. The monoisotopic (exact) mass is 399 g/mol. The Morgan fingerprint density at radius 1 is 1.20 bits per heavy atom. The molecule has 1 saturated carbocycles. The largest absolute Gasteiger partial charge is 0.366 e. The standard InChI is InChI=1S/C14H12Br2FN3/c15-11-4-3-10(17)5-9(11)7-18-13-6-12(16)19-14(20-13)8-1-2-8/h3-6,8H,1-2,7H2,(H,18,19,20). The van der Waals surface area contributed by atoms with Gasteiger partial charge in [-0.3, -0.25) is 0 Å². The Kier molecular flexibility index (Phi) is 4.03. The number of rotatable bonds is 4. The minimum absolute atomic E-state index is 0.243. The first kappa shape index (κ1) is 13.9. The molecular formula is C14H12Br2FN3. The zero-order valence-electron chi connectivity index (χ0n) is 10.5. The van der Waals surface area contributed by atoms with E-state index in [-0.39, 0.29) is 5.82 Å². The van der Waals surface area contributed by atoms with Gasteiger partial charge in [0.15, 0.2) is 0 Å². The minimum atomic E-state index is -0.243. The van der Waals surface area contributed by atoms with Crippen LogP contribution in [0.15, 0.2) is 33.3 Å². The normalized spacial score (nSPS) is 14.3. The Labute approximate surface area is 133 Å². The van der Waals surface area contributed by atoms with E-state index in [9.17, 15) is 4.39 Å². The molecule has 0 unspecified atom stereocenters. The van der Waals surface area contributed by atoms with Crippen molar-refractivity contribution < 1.29 is 4.39 Å². The summed E-state index contributed by atoms with van der Waals surface area (Å²) in [5, 5.41) is 3.22. The van der Waals surface area contributed by atoms with Gasteiger partial charge in [0, 0.05) is 23.0 Å². The average molecular weight is 401 g/mol. The lowest BCUT2D eigenvalue weighted by molar-refractivity contribution is 0.625. The van der Waals surface area contributed by atoms with E-state index in [0.29, 0.717) is 12.5 Å². The van der Waals surface area contributed by atoms with Crippen LogP contribution >= 0.6 is 31.9 Å². The summed E-state index contributed by atoms with van der Waals surface area (Å²) in [5.41, 5.74) is 0.854. The molecule has 104 valence electrons. The maximum atomic E-state index is 13.2. The molecule has 0 amide bonds. The lowest BCUT2D eigenvalue weighted by atomic mass is 10.2. The smallest absolute Gasteiger partial charge is 0.135 e. The van der Waals surface area contributed by atoms with Crippen molar-refractivity contribution in [3.63, 3.8) is 0 Å². The summed E-state index contributed by atoms with van der Waals surface area (Å²) in [7, 11) is 0. The van der Waals surface area contributed by atoms with Crippen LogP contribution in [-0.4, -0.2) is 9.97 Å². The maximum absolute atomic E-state index is 13.2. The molecule has 1 N–H and O–H groups in total. The number of hydrogen-bond donors (Lipinski definition) is 1. The topological polar surface area (TPSA) is 37.8 Å². The fourth-order valence-electron chi connectivity index (χ4n) is 1.91. The van der Waals surface area contributed by atoms with E-state index in [1.54, 1.807) is 6.07 Å². The van der Waals surface area contributed by atoms with Crippen molar-refractivity contribution in [2.45, 2.75) is 25.3 Å². The molecule has 1 aliphatic carbocycles. The van der Waals surface area contributed by atoms with Crippen LogP contribution in [0, 0.1) is 5.82 Å². The van der Waals surface area contributed by atoms with E-state index in [1.807, 2.05) is 6.07 Å². The first-order valence-corrected chi connectivity index (χ1v) is 7.93. The third-order valence-corrected chi connectivity index (χ3v) is 4.30. The molecule has 0 radical (unpaired) electrons. The SMILES string of the molecule is Fc1ccc(Br)c(CNc2cc(Br)nc(C3CC3)n2)c1. The zero-order chi connectivity index (χ0) is 14.1. The number of halogens is 3. The Hall–Kier alpha value is -1.01. The van der Waals surface area contributed by atoms with Crippen molar-refractivity contribution in [2.24, 2.45) is 0 Å². The molecule has 1 fully saturated rings. The molecule has 0 atom stereocenters. The molecule has 1 aromatic carbocycles. The predicted molar refractivity (Wildman–Crippen MR) is 83.1 cm³/mol. The van der Waals surface area contributed by atoms with Crippen LogP contribution < -0.4 is 5.32 Å². The summed E-state index contributed by atoms with van der Waals surface area (Å²) >= 11 is 6.82. The van der Waals surface area contributed by atoms with E-state index in [0.717, 1.165) is 39.1 Å². The molecule has 0 aliphatic heterocycles. The predicted octanol–water partition coefficient (Wildman–Crippen LogP) is 4.63. The summed E-state index contributed by atoms with van der Waals surface area (Å²) in [4.78, 5) is 8.88. The summed E-state index contributed by atoms with van der Waals surface area (Å²) < 4.78 is 14.9. The third-order valence-electron chi connectivity index (χ3n) is 3.12. The lowest BCUT2D eigenvalue weighted by Crippen LogP contribution is -2.05. The number of benzene rings is 1. The molecular weight excluding hydrogens is 389 g/mol. The van der Waals surface area contributed by atoms with Gasteiger partial charge in [-0.2, -0.15) is 0 Å². The van der Waals surface area contributed by atoms with Crippen molar-refractivity contribution in [1.29, 1.82) is 0 Å². The van der Waals surface area contributed by atoms with Crippen LogP contribution in [0.2, 0.25) is 0 Å². The molecule has 1 aromatic heterocycles. The van der Waals surface area contributed by atoms with E-state index < -0.39 is 0 Å². The van der Waals surface area contributed by atoms with E-state index in [1.165, 1.54) is 12.1 Å². The lowest BCUT2D eigenvalue weighted by Gasteiger charge is -2.09. The Morgan fingerprint density at radius 3 is 2.75 bits per heavy atom. The molecule has 3 rings (SSSR count). The van der Waals surface area contributed by atoms with Gasteiger partial charge in [-0.15, -0.1) is 0 Å². The molecule has 6 heteroatoms. The summed E-state index contributed by atoms with van der Waals surface area (Å²) in [6.07, 6.45) is 2.32. The van der Waals surface area contributed by atoms with Crippen molar-refractivity contribution in [1.82, 2.24) is 9.97 Å². The number of hydrogen-bond acceptors (Lipinski definition) is 3. The van der Waals surface area contributed by atoms with Crippen LogP contribution in [0.1, 0.15) is 30.1 Å². The summed E-state index contributed by atoms with van der Waals surface area (Å²) in [5.74, 6) is 1.88. The van der Waals surface area contributed by atoms with Gasteiger partial charge in [-0.25, -0.2) is 14.4 Å². The van der Waals surface area contributed by atoms with Crippen LogP contribution in [0.4, 0.5) is 10.2 Å². The van der Waals surface area contributed by atoms with Crippen molar-refractivity contribution in [3.05, 3.63) is 50.5 Å². The molecule has 2 aromatic rings. The molecule has 0 saturated heterocycles. The molecule has 20 heavy (non-hydrogen) atoms. The maximum Gasteiger partial charge on any atom is 0.135 e. The molecule has 0 bridgehead atoms. The highest BCUT2D eigenvalue weighted by molar-refractivity contribution is 9.10.